The maximum Gasteiger partial charge on any atom is 0.264 e. The van der Waals surface area contributed by atoms with Crippen molar-refractivity contribution in [3.8, 4) is 0 Å². The summed E-state index contributed by atoms with van der Waals surface area (Å²) in [6.07, 6.45) is 0.641. The number of hydrogen-bond acceptors (Lipinski definition) is 4. The average molecular weight is 436 g/mol. The molecule has 31 heavy (non-hydrogen) atoms. The minimum atomic E-state index is -3.72. The van der Waals surface area contributed by atoms with Crippen LogP contribution in [0.2, 0.25) is 0 Å². The summed E-state index contributed by atoms with van der Waals surface area (Å²) in [5.74, 6) is 0. The van der Waals surface area contributed by atoms with Gasteiger partial charge >= 0.3 is 0 Å². The van der Waals surface area contributed by atoms with Crippen LogP contribution in [0, 0.1) is 6.92 Å². The van der Waals surface area contributed by atoms with E-state index in [9.17, 15) is 8.42 Å². The molecule has 0 atom stereocenters. The molecule has 0 saturated carbocycles. The molecule has 162 valence electrons. The number of sulfonamides is 1. The summed E-state index contributed by atoms with van der Waals surface area (Å²) < 4.78 is 29.3. The van der Waals surface area contributed by atoms with Gasteiger partial charge in [0.1, 0.15) is 0 Å². The lowest BCUT2D eigenvalue weighted by Gasteiger charge is -2.34. The minimum Gasteiger partial charge on any atom is -0.367 e. The lowest BCUT2D eigenvalue weighted by molar-refractivity contribution is 0.585. The van der Waals surface area contributed by atoms with Crippen LogP contribution in [0.5, 0.6) is 0 Å². The van der Waals surface area contributed by atoms with Gasteiger partial charge in [-0.3, -0.25) is 4.31 Å². The Hall–Kier alpha value is -2.83. The fraction of sp³-hybridized carbons (Fsp3) is 0.280. The third-order valence-corrected chi connectivity index (χ3v) is 7.44. The summed E-state index contributed by atoms with van der Waals surface area (Å²) in [5, 5.41) is 3.37. The second-order valence-corrected chi connectivity index (χ2v) is 9.72. The van der Waals surface area contributed by atoms with Crippen LogP contribution in [0.1, 0.15) is 11.1 Å². The maximum absolute atomic E-state index is 13.8. The molecular weight excluding hydrogens is 406 g/mol. The van der Waals surface area contributed by atoms with Crippen molar-refractivity contribution >= 4 is 21.4 Å². The number of nitrogens with zero attached hydrogens (tertiary/aromatic N) is 2. The SMILES string of the molecule is Cc1cccc(S(=O)(=O)N(CCc2ccccc2)c2ccccc2N2CCNCC2)c1. The van der Waals surface area contributed by atoms with Gasteiger partial charge in [-0.25, -0.2) is 8.42 Å². The quantitative estimate of drug-likeness (QED) is 0.613. The first-order valence-electron chi connectivity index (χ1n) is 10.7. The molecule has 0 amide bonds. The Bertz CT molecular complexity index is 1110. The highest BCUT2D eigenvalue weighted by Gasteiger charge is 2.28. The summed E-state index contributed by atoms with van der Waals surface area (Å²) in [5.41, 5.74) is 3.75. The Morgan fingerprint density at radius 1 is 0.903 bits per heavy atom. The molecule has 0 bridgehead atoms. The normalized spacial score (nSPS) is 14.4. The van der Waals surface area contributed by atoms with Gasteiger partial charge in [-0.15, -0.1) is 0 Å². The molecule has 1 heterocycles. The molecule has 0 aliphatic carbocycles. The fourth-order valence-electron chi connectivity index (χ4n) is 4.00. The molecule has 6 heteroatoms. The Morgan fingerprint density at radius 2 is 1.61 bits per heavy atom. The van der Waals surface area contributed by atoms with Gasteiger partial charge in [0, 0.05) is 32.7 Å². The second kappa shape index (κ2) is 9.54. The first kappa shape index (κ1) is 21.4. The van der Waals surface area contributed by atoms with Gasteiger partial charge in [0.05, 0.1) is 16.3 Å². The van der Waals surface area contributed by atoms with Gasteiger partial charge in [-0.1, -0.05) is 54.6 Å². The smallest absolute Gasteiger partial charge is 0.264 e. The van der Waals surface area contributed by atoms with E-state index in [1.807, 2.05) is 67.6 Å². The lowest BCUT2D eigenvalue weighted by atomic mass is 10.1. The van der Waals surface area contributed by atoms with Crippen LogP contribution in [0.4, 0.5) is 11.4 Å². The molecule has 0 unspecified atom stereocenters. The van der Waals surface area contributed by atoms with Crippen molar-refractivity contribution in [2.45, 2.75) is 18.2 Å². The first-order chi connectivity index (χ1) is 15.1. The van der Waals surface area contributed by atoms with Crippen LogP contribution in [0.3, 0.4) is 0 Å². The van der Waals surface area contributed by atoms with Crippen LogP contribution in [-0.4, -0.2) is 41.1 Å². The number of para-hydroxylation sites is 2. The second-order valence-electron chi connectivity index (χ2n) is 7.86. The molecule has 3 aromatic rings. The number of anilines is 2. The number of hydrogen-bond donors (Lipinski definition) is 1. The van der Waals surface area contributed by atoms with Crippen molar-refractivity contribution in [1.82, 2.24) is 5.32 Å². The standard InChI is InChI=1S/C25H29N3O2S/c1-21-8-7-11-23(20-21)31(29,30)28(17-14-22-9-3-2-4-10-22)25-13-6-5-12-24(25)27-18-15-26-16-19-27/h2-13,20,26H,14-19H2,1H3. The zero-order valence-electron chi connectivity index (χ0n) is 17.9. The maximum atomic E-state index is 13.8. The largest absolute Gasteiger partial charge is 0.367 e. The van der Waals surface area contributed by atoms with E-state index < -0.39 is 10.0 Å². The summed E-state index contributed by atoms with van der Waals surface area (Å²) >= 11 is 0. The number of benzene rings is 3. The van der Waals surface area contributed by atoms with Crippen molar-refractivity contribution in [3.63, 3.8) is 0 Å². The van der Waals surface area contributed by atoms with Crippen LogP contribution < -0.4 is 14.5 Å². The number of aryl methyl sites for hydroxylation is 1. The highest BCUT2D eigenvalue weighted by atomic mass is 32.2. The molecule has 1 saturated heterocycles. The molecule has 4 rings (SSSR count). The molecule has 0 spiro atoms. The number of piperazine rings is 1. The Morgan fingerprint density at radius 3 is 2.35 bits per heavy atom. The topological polar surface area (TPSA) is 52.7 Å². The minimum absolute atomic E-state index is 0.329. The predicted octanol–water partition coefficient (Wildman–Crippen LogP) is 3.84. The van der Waals surface area contributed by atoms with Gasteiger partial charge in [0.25, 0.3) is 10.0 Å². The van der Waals surface area contributed by atoms with E-state index in [0.29, 0.717) is 17.9 Å². The third-order valence-electron chi connectivity index (χ3n) is 5.63. The number of rotatable bonds is 7. The zero-order chi connectivity index (χ0) is 21.7. The summed E-state index contributed by atoms with van der Waals surface area (Å²) in [6, 6.07) is 25.1. The van der Waals surface area contributed by atoms with E-state index in [0.717, 1.165) is 48.7 Å². The molecule has 1 aliphatic heterocycles. The third kappa shape index (κ3) is 4.92. The van der Waals surface area contributed by atoms with E-state index in [1.165, 1.54) is 0 Å². The molecule has 0 radical (unpaired) electrons. The van der Waals surface area contributed by atoms with Crippen molar-refractivity contribution in [2.75, 3.05) is 41.9 Å². The Kier molecular flexibility index (Phi) is 6.59. The predicted molar refractivity (Wildman–Crippen MR) is 127 cm³/mol. The van der Waals surface area contributed by atoms with E-state index in [4.69, 9.17) is 0 Å². The van der Waals surface area contributed by atoms with Crippen molar-refractivity contribution < 1.29 is 8.42 Å². The van der Waals surface area contributed by atoms with Crippen molar-refractivity contribution in [1.29, 1.82) is 0 Å². The first-order valence-corrected chi connectivity index (χ1v) is 12.2. The summed E-state index contributed by atoms with van der Waals surface area (Å²) in [4.78, 5) is 2.60. The van der Waals surface area contributed by atoms with Gasteiger partial charge < -0.3 is 10.2 Å². The van der Waals surface area contributed by atoms with Crippen LogP contribution in [0.15, 0.2) is 83.8 Å². The molecular formula is C25H29N3O2S. The molecule has 5 nitrogen and oxygen atoms in total. The van der Waals surface area contributed by atoms with Gasteiger partial charge in [0.2, 0.25) is 0 Å². The number of nitrogens with one attached hydrogen (secondary N) is 1. The van der Waals surface area contributed by atoms with Crippen LogP contribution in [-0.2, 0) is 16.4 Å². The lowest BCUT2D eigenvalue weighted by Crippen LogP contribution is -2.44. The van der Waals surface area contributed by atoms with E-state index in [1.54, 1.807) is 22.5 Å². The van der Waals surface area contributed by atoms with Gasteiger partial charge in [-0.05, 0) is 48.7 Å². The molecule has 1 N–H and O–H groups in total. The van der Waals surface area contributed by atoms with Crippen LogP contribution >= 0.6 is 0 Å². The van der Waals surface area contributed by atoms with Crippen LogP contribution in [0.25, 0.3) is 0 Å². The van der Waals surface area contributed by atoms with Crippen molar-refractivity contribution in [2.24, 2.45) is 0 Å². The monoisotopic (exact) mass is 435 g/mol. The highest BCUT2D eigenvalue weighted by Crippen LogP contribution is 2.34. The van der Waals surface area contributed by atoms with E-state index in [-0.39, 0.29) is 0 Å². The molecule has 3 aromatic carbocycles. The zero-order valence-corrected chi connectivity index (χ0v) is 18.7. The molecule has 1 aliphatic rings. The van der Waals surface area contributed by atoms with Gasteiger partial charge in [-0.2, -0.15) is 0 Å². The highest BCUT2D eigenvalue weighted by molar-refractivity contribution is 7.92. The Labute approximate surface area is 185 Å². The molecule has 0 aromatic heterocycles. The van der Waals surface area contributed by atoms with E-state index >= 15 is 0 Å². The summed E-state index contributed by atoms with van der Waals surface area (Å²) in [6.45, 7) is 5.79. The average Bonchev–Trinajstić information content (AvgIpc) is 2.81. The summed E-state index contributed by atoms with van der Waals surface area (Å²) in [7, 11) is -3.72. The molecule has 1 fully saturated rings. The van der Waals surface area contributed by atoms with Gasteiger partial charge in [0.15, 0.2) is 0 Å². The van der Waals surface area contributed by atoms with Crippen molar-refractivity contribution in [3.05, 3.63) is 90.0 Å². The fourth-order valence-corrected chi connectivity index (χ4v) is 5.58. The van der Waals surface area contributed by atoms with E-state index in [2.05, 4.69) is 10.2 Å². The Balaban J connectivity index is 1.76.